The van der Waals surface area contributed by atoms with E-state index < -0.39 is 0 Å². The lowest BCUT2D eigenvalue weighted by molar-refractivity contribution is 0.482. The van der Waals surface area contributed by atoms with Crippen LogP contribution in [-0.4, -0.2) is 16.3 Å². The van der Waals surface area contributed by atoms with Gasteiger partial charge >= 0.3 is 0 Å². The van der Waals surface area contributed by atoms with Crippen LogP contribution in [0.1, 0.15) is 30.9 Å². The van der Waals surface area contributed by atoms with Gasteiger partial charge in [-0.05, 0) is 31.4 Å². The largest absolute Gasteiger partial charge is 0.330 e. The number of aryl methyl sites for hydroxylation is 1. The Kier molecular flexibility index (Phi) is 2.36. The lowest BCUT2D eigenvalue weighted by Crippen LogP contribution is -2.17. The molecule has 1 saturated carbocycles. The zero-order valence-electron chi connectivity index (χ0n) is 8.11. The van der Waals surface area contributed by atoms with Crippen LogP contribution in [0.15, 0.2) is 12.3 Å². The van der Waals surface area contributed by atoms with Crippen molar-refractivity contribution in [2.24, 2.45) is 18.7 Å². The summed E-state index contributed by atoms with van der Waals surface area (Å²) in [5.74, 6) is 1.28. The molecule has 72 valence electrons. The maximum Gasteiger partial charge on any atom is 0.0658 e. The van der Waals surface area contributed by atoms with Gasteiger partial charge in [-0.2, -0.15) is 5.10 Å². The SMILES string of the molecule is Cn1ccc(C2CCCC2CN)n1. The van der Waals surface area contributed by atoms with Crippen LogP contribution in [0, 0.1) is 5.92 Å². The number of nitrogens with zero attached hydrogens (tertiary/aromatic N) is 2. The summed E-state index contributed by atoms with van der Waals surface area (Å²) in [5.41, 5.74) is 6.97. The fourth-order valence-corrected chi connectivity index (χ4v) is 2.34. The Morgan fingerprint density at radius 3 is 3.08 bits per heavy atom. The molecule has 0 spiro atoms. The third kappa shape index (κ3) is 1.61. The summed E-state index contributed by atoms with van der Waals surface area (Å²) in [6.45, 7) is 0.807. The van der Waals surface area contributed by atoms with Gasteiger partial charge in [-0.25, -0.2) is 0 Å². The third-order valence-corrected chi connectivity index (χ3v) is 3.08. The first-order chi connectivity index (χ1) is 6.31. The average molecular weight is 179 g/mol. The molecule has 2 atom stereocenters. The fraction of sp³-hybridized carbons (Fsp3) is 0.700. The average Bonchev–Trinajstić information content (AvgIpc) is 2.71. The zero-order valence-corrected chi connectivity index (χ0v) is 8.11. The highest BCUT2D eigenvalue weighted by molar-refractivity contribution is 5.10. The molecule has 2 rings (SSSR count). The topological polar surface area (TPSA) is 43.8 Å². The second kappa shape index (κ2) is 3.50. The molecular formula is C10H17N3. The first-order valence-corrected chi connectivity index (χ1v) is 5.01. The summed E-state index contributed by atoms with van der Waals surface area (Å²) in [7, 11) is 1.97. The van der Waals surface area contributed by atoms with Gasteiger partial charge in [-0.1, -0.05) is 6.42 Å². The molecule has 1 aliphatic carbocycles. The second-order valence-corrected chi connectivity index (χ2v) is 3.95. The van der Waals surface area contributed by atoms with Crippen LogP contribution >= 0.6 is 0 Å². The monoisotopic (exact) mass is 179 g/mol. The summed E-state index contributed by atoms with van der Waals surface area (Å²) < 4.78 is 1.88. The maximum atomic E-state index is 5.73. The molecule has 0 bridgehead atoms. The van der Waals surface area contributed by atoms with E-state index in [-0.39, 0.29) is 0 Å². The van der Waals surface area contributed by atoms with Gasteiger partial charge in [0.25, 0.3) is 0 Å². The van der Waals surface area contributed by atoms with E-state index in [9.17, 15) is 0 Å². The van der Waals surface area contributed by atoms with Crippen LogP contribution in [-0.2, 0) is 7.05 Å². The molecule has 1 aromatic rings. The van der Waals surface area contributed by atoms with E-state index >= 15 is 0 Å². The minimum atomic E-state index is 0.617. The minimum absolute atomic E-state index is 0.617. The van der Waals surface area contributed by atoms with E-state index in [1.54, 1.807) is 0 Å². The molecule has 0 radical (unpaired) electrons. The summed E-state index contributed by atoms with van der Waals surface area (Å²) in [4.78, 5) is 0. The quantitative estimate of drug-likeness (QED) is 0.742. The van der Waals surface area contributed by atoms with Crippen molar-refractivity contribution >= 4 is 0 Å². The molecule has 0 aliphatic heterocycles. The Balaban J connectivity index is 2.15. The van der Waals surface area contributed by atoms with Crippen molar-refractivity contribution in [3.8, 4) is 0 Å². The van der Waals surface area contributed by atoms with E-state index in [1.165, 1.54) is 25.0 Å². The third-order valence-electron chi connectivity index (χ3n) is 3.08. The first-order valence-electron chi connectivity index (χ1n) is 5.01. The van der Waals surface area contributed by atoms with Crippen LogP contribution in [0.5, 0.6) is 0 Å². The van der Waals surface area contributed by atoms with Crippen molar-refractivity contribution in [1.29, 1.82) is 0 Å². The molecule has 13 heavy (non-hydrogen) atoms. The minimum Gasteiger partial charge on any atom is -0.330 e. The van der Waals surface area contributed by atoms with Gasteiger partial charge in [0.2, 0.25) is 0 Å². The van der Waals surface area contributed by atoms with Gasteiger partial charge in [0, 0.05) is 19.2 Å². The molecule has 0 amide bonds. The van der Waals surface area contributed by atoms with E-state index in [4.69, 9.17) is 5.73 Å². The number of nitrogens with two attached hydrogens (primary N) is 1. The van der Waals surface area contributed by atoms with Crippen LogP contribution < -0.4 is 5.73 Å². The van der Waals surface area contributed by atoms with Gasteiger partial charge in [0.05, 0.1) is 5.69 Å². The summed E-state index contributed by atoms with van der Waals surface area (Å²) in [5, 5.41) is 4.45. The predicted octanol–water partition coefficient (Wildman–Crippen LogP) is 1.26. The number of rotatable bonds is 2. The molecule has 2 unspecified atom stereocenters. The summed E-state index contributed by atoms with van der Waals surface area (Å²) in [6.07, 6.45) is 5.86. The number of aromatic nitrogens is 2. The van der Waals surface area contributed by atoms with Gasteiger partial charge < -0.3 is 5.73 Å². The van der Waals surface area contributed by atoms with Crippen molar-refractivity contribution in [3.63, 3.8) is 0 Å². The molecular weight excluding hydrogens is 162 g/mol. The Morgan fingerprint density at radius 2 is 2.46 bits per heavy atom. The Labute approximate surface area is 78.9 Å². The molecule has 1 heterocycles. The summed E-state index contributed by atoms with van der Waals surface area (Å²) in [6, 6.07) is 2.12. The molecule has 1 aromatic heterocycles. The first kappa shape index (κ1) is 8.75. The van der Waals surface area contributed by atoms with Crippen LogP contribution in [0.4, 0.5) is 0 Å². The van der Waals surface area contributed by atoms with E-state index in [2.05, 4.69) is 11.2 Å². The standard InChI is InChI=1S/C10H17N3/c1-13-6-5-10(12-13)9-4-2-3-8(9)7-11/h5-6,8-9H,2-4,7,11H2,1H3. The molecule has 3 nitrogen and oxygen atoms in total. The van der Waals surface area contributed by atoms with E-state index in [1.807, 2.05) is 17.9 Å². The van der Waals surface area contributed by atoms with Gasteiger partial charge in [0.15, 0.2) is 0 Å². The Morgan fingerprint density at radius 1 is 1.62 bits per heavy atom. The normalized spacial score (nSPS) is 28.2. The summed E-state index contributed by atoms with van der Waals surface area (Å²) >= 11 is 0. The highest BCUT2D eigenvalue weighted by Gasteiger charge is 2.28. The smallest absolute Gasteiger partial charge is 0.0658 e. The lowest BCUT2D eigenvalue weighted by atomic mass is 9.93. The molecule has 2 N–H and O–H groups in total. The molecule has 1 aliphatic rings. The van der Waals surface area contributed by atoms with Crippen molar-refractivity contribution in [1.82, 2.24) is 9.78 Å². The van der Waals surface area contributed by atoms with Crippen molar-refractivity contribution in [3.05, 3.63) is 18.0 Å². The van der Waals surface area contributed by atoms with Crippen LogP contribution in [0.2, 0.25) is 0 Å². The fourth-order valence-electron chi connectivity index (χ4n) is 2.34. The molecule has 1 fully saturated rings. The van der Waals surface area contributed by atoms with Crippen LogP contribution in [0.3, 0.4) is 0 Å². The van der Waals surface area contributed by atoms with Crippen molar-refractivity contribution in [2.45, 2.75) is 25.2 Å². The Hall–Kier alpha value is -0.830. The lowest BCUT2D eigenvalue weighted by Gasteiger charge is -2.14. The highest BCUT2D eigenvalue weighted by Crippen LogP contribution is 2.37. The zero-order chi connectivity index (χ0) is 9.26. The highest BCUT2D eigenvalue weighted by atomic mass is 15.2. The van der Waals surface area contributed by atoms with Crippen molar-refractivity contribution < 1.29 is 0 Å². The number of hydrogen-bond acceptors (Lipinski definition) is 2. The molecule has 0 saturated heterocycles. The maximum absolute atomic E-state index is 5.73. The van der Waals surface area contributed by atoms with Gasteiger partial charge in [-0.3, -0.25) is 4.68 Å². The van der Waals surface area contributed by atoms with Crippen molar-refractivity contribution in [2.75, 3.05) is 6.54 Å². The van der Waals surface area contributed by atoms with Crippen LogP contribution in [0.25, 0.3) is 0 Å². The Bertz CT molecular complexity index is 279. The molecule has 3 heteroatoms. The van der Waals surface area contributed by atoms with Gasteiger partial charge in [0.1, 0.15) is 0 Å². The molecule has 0 aromatic carbocycles. The van der Waals surface area contributed by atoms with E-state index in [0.717, 1.165) is 6.54 Å². The van der Waals surface area contributed by atoms with E-state index in [0.29, 0.717) is 11.8 Å². The predicted molar refractivity (Wildman–Crippen MR) is 52.3 cm³/mol. The number of hydrogen-bond donors (Lipinski definition) is 1. The van der Waals surface area contributed by atoms with Gasteiger partial charge in [-0.15, -0.1) is 0 Å². The second-order valence-electron chi connectivity index (χ2n) is 3.95.